The van der Waals surface area contributed by atoms with Gasteiger partial charge < -0.3 is 10.0 Å². The van der Waals surface area contributed by atoms with Gasteiger partial charge in [0.15, 0.2) is 0 Å². The van der Waals surface area contributed by atoms with Gasteiger partial charge in [-0.1, -0.05) is 54.6 Å². The van der Waals surface area contributed by atoms with Crippen molar-refractivity contribution in [1.29, 1.82) is 0 Å². The molecular formula is C13H13BO2. The summed E-state index contributed by atoms with van der Waals surface area (Å²) in [7, 11) is -1.29. The zero-order valence-electron chi connectivity index (χ0n) is 8.88. The van der Waals surface area contributed by atoms with Crippen molar-refractivity contribution in [2.24, 2.45) is 0 Å². The predicted octanol–water partition coefficient (Wildman–Crippen LogP) is 1.91. The highest BCUT2D eigenvalue weighted by Gasteiger charge is 2.08. The molecule has 16 heavy (non-hydrogen) atoms. The lowest BCUT2D eigenvalue weighted by Gasteiger charge is -2.05. The molecule has 0 aliphatic carbocycles. The first kappa shape index (κ1) is 10.9. The first-order chi connectivity index (χ1) is 7.75. The smallest absolute Gasteiger partial charge is 0.427 e. The second kappa shape index (κ2) is 4.97. The third-order valence-corrected chi connectivity index (χ3v) is 2.45. The van der Waals surface area contributed by atoms with Gasteiger partial charge in [-0.3, -0.25) is 0 Å². The normalized spacial score (nSPS) is 10.1. The molecule has 0 saturated carbocycles. The lowest BCUT2D eigenvalue weighted by molar-refractivity contribution is 0.405. The van der Waals surface area contributed by atoms with Crippen LogP contribution < -0.4 is 0 Å². The highest BCUT2D eigenvalue weighted by molar-refractivity contribution is 6.40. The van der Waals surface area contributed by atoms with E-state index in [9.17, 15) is 0 Å². The fraction of sp³-hybridized carbons (Fsp3) is 0.0769. The molecule has 0 aliphatic heterocycles. The Balaban J connectivity index is 2.29. The minimum absolute atomic E-state index is 0.265. The minimum atomic E-state index is -1.29. The number of hydrogen-bond acceptors (Lipinski definition) is 2. The topological polar surface area (TPSA) is 40.5 Å². The summed E-state index contributed by atoms with van der Waals surface area (Å²) in [6.45, 7) is 0. The number of rotatable bonds is 3. The van der Waals surface area contributed by atoms with E-state index in [0.717, 1.165) is 16.7 Å². The lowest BCUT2D eigenvalue weighted by Crippen LogP contribution is -2.14. The molecule has 0 aliphatic rings. The molecule has 2 N–H and O–H groups in total. The molecule has 0 radical (unpaired) electrons. The third kappa shape index (κ3) is 2.72. The van der Waals surface area contributed by atoms with Crippen LogP contribution in [0.2, 0.25) is 0 Å². The molecule has 3 heteroatoms. The van der Waals surface area contributed by atoms with Crippen LogP contribution in [0.1, 0.15) is 5.56 Å². The average molecular weight is 212 g/mol. The van der Waals surface area contributed by atoms with Gasteiger partial charge in [-0.2, -0.15) is 0 Å². The van der Waals surface area contributed by atoms with Gasteiger partial charge in [0.05, 0.1) is 0 Å². The number of benzene rings is 2. The standard InChI is InChI=1S/C13H13BO2/c15-14(16)10-11-5-4-8-13(9-11)12-6-2-1-3-7-12/h1-9,15-16H,10H2. The van der Waals surface area contributed by atoms with Gasteiger partial charge in [-0.15, -0.1) is 0 Å². The van der Waals surface area contributed by atoms with E-state index in [4.69, 9.17) is 10.0 Å². The molecule has 0 aromatic heterocycles. The highest BCUT2D eigenvalue weighted by atomic mass is 16.4. The van der Waals surface area contributed by atoms with Crippen molar-refractivity contribution in [3.8, 4) is 11.1 Å². The van der Waals surface area contributed by atoms with Crippen LogP contribution in [0.4, 0.5) is 0 Å². The third-order valence-electron chi connectivity index (χ3n) is 2.45. The van der Waals surface area contributed by atoms with E-state index >= 15 is 0 Å². The van der Waals surface area contributed by atoms with Crippen LogP contribution in [0.5, 0.6) is 0 Å². The van der Waals surface area contributed by atoms with Gasteiger partial charge in [-0.25, -0.2) is 0 Å². The summed E-state index contributed by atoms with van der Waals surface area (Å²) in [5, 5.41) is 17.8. The largest absolute Gasteiger partial charge is 0.456 e. The quantitative estimate of drug-likeness (QED) is 0.763. The molecule has 0 fully saturated rings. The summed E-state index contributed by atoms with van der Waals surface area (Å²) in [5.41, 5.74) is 3.16. The number of hydrogen-bond donors (Lipinski definition) is 2. The summed E-state index contributed by atoms with van der Waals surface area (Å²) >= 11 is 0. The molecule has 2 nitrogen and oxygen atoms in total. The summed E-state index contributed by atoms with van der Waals surface area (Å²) in [5.74, 6) is 0. The van der Waals surface area contributed by atoms with Crippen LogP contribution in [0.3, 0.4) is 0 Å². The second-order valence-electron chi connectivity index (χ2n) is 3.75. The molecular weight excluding hydrogens is 199 g/mol. The van der Waals surface area contributed by atoms with Gasteiger partial charge in [-0.05, 0) is 16.7 Å². The Bertz CT molecular complexity index is 454. The molecule has 2 rings (SSSR count). The van der Waals surface area contributed by atoms with Gasteiger partial charge in [0.25, 0.3) is 0 Å². The van der Waals surface area contributed by atoms with Crippen molar-refractivity contribution in [2.45, 2.75) is 6.32 Å². The average Bonchev–Trinajstić information content (AvgIpc) is 2.30. The molecule has 0 atom stereocenters. The van der Waals surface area contributed by atoms with E-state index in [-0.39, 0.29) is 6.32 Å². The Labute approximate surface area is 95.3 Å². The van der Waals surface area contributed by atoms with Crippen LogP contribution in [-0.4, -0.2) is 17.2 Å². The van der Waals surface area contributed by atoms with Crippen molar-refractivity contribution < 1.29 is 10.0 Å². The Hall–Kier alpha value is -1.58. The maximum atomic E-state index is 8.92. The van der Waals surface area contributed by atoms with Gasteiger partial charge in [0.2, 0.25) is 0 Å². The summed E-state index contributed by atoms with van der Waals surface area (Å²) in [6, 6.07) is 17.9. The van der Waals surface area contributed by atoms with Crippen LogP contribution in [0.25, 0.3) is 11.1 Å². The molecule has 80 valence electrons. The summed E-state index contributed by atoms with van der Waals surface area (Å²) in [6.07, 6.45) is 0.265. The first-order valence-corrected chi connectivity index (χ1v) is 5.26. The zero-order valence-corrected chi connectivity index (χ0v) is 8.88. The maximum Gasteiger partial charge on any atom is 0.456 e. The molecule has 2 aromatic carbocycles. The van der Waals surface area contributed by atoms with E-state index in [1.807, 2.05) is 54.6 Å². The molecule has 2 aromatic rings. The monoisotopic (exact) mass is 212 g/mol. The van der Waals surface area contributed by atoms with Crippen molar-refractivity contribution >= 4 is 7.12 Å². The Morgan fingerprint density at radius 1 is 0.812 bits per heavy atom. The van der Waals surface area contributed by atoms with E-state index in [1.165, 1.54) is 0 Å². The SMILES string of the molecule is OB(O)Cc1cccc(-c2ccccc2)c1. The van der Waals surface area contributed by atoms with E-state index in [2.05, 4.69) is 0 Å². The molecule has 0 bridgehead atoms. The van der Waals surface area contributed by atoms with Gasteiger partial charge >= 0.3 is 7.12 Å². The second-order valence-corrected chi connectivity index (χ2v) is 3.75. The lowest BCUT2D eigenvalue weighted by atomic mass is 9.81. The van der Waals surface area contributed by atoms with E-state index < -0.39 is 7.12 Å². The minimum Gasteiger partial charge on any atom is -0.427 e. The first-order valence-electron chi connectivity index (χ1n) is 5.26. The van der Waals surface area contributed by atoms with Crippen molar-refractivity contribution in [3.63, 3.8) is 0 Å². The zero-order chi connectivity index (χ0) is 11.4. The van der Waals surface area contributed by atoms with Gasteiger partial charge in [0.1, 0.15) is 0 Å². The molecule has 0 saturated heterocycles. The fourth-order valence-electron chi connectivity index (χ4n) is 1.72. The fourth-order valence-corrected chi connectivity index (χ4v) is 1.72. The van der Waals surface area contributed by atoms with Crippen LogP contribution in [-0.2, 0) is 6.32 Å². The van der Waals surface area contributed by atoms with Crippen molar-refractivity contribution in [3.05, 3.63) is 60.2 Å². The molecule has 0 spiro atoms. The molecule has 0 heterocycles. The Morgan fingerprint density at radius 3 is 2.19 bits per heavy atom. The maximum absolute atomic E-state index is 8.92. The van der Waals surface area contributed by atoms with Crippen LogP contribution in [0, 0.1) is 0 Å². The Morgan fingerprint density at radius 2 is 1.50 bits per heavy atom. The molecule has 0 unspecified atom stereocenters. The van der Waals surface area contributed by atoms with Crippen LogP contribution in [0.15, 0.2) is 54.6 Å². The van der Waals surface area contributed by atoms with Crippen LogP contribution >= 0.6 is 0 Å². The summed E-state index contributed by atoms with van der Waals surface area (Å²) < 4.78 is 0. The predicted molar refractivity (Wildman–Crippen MR) is 65.8 cm³/mol. The highest BCUT2D eigenvalue weighted by Crippen LogP contribution is 2.20. The summed E-state index contributed by atoms with van der Waals surface area (Å²) in [4.78, 5) is 0. The van der Waals surface area contributed by atoms with E-state index in [1.54, 1.807) is 0 Å². The van der Waals surface area contributed by atoms with Crippen molar-refractivity contribution in [1.82, 2.24) is 0 Å². The van der Waals surface area contributed by atoms with Crippen molar-refractivity contribution in [2.75, 3.05) is 0 Å². The van der Waals surface area contributed by atoms with E-state index in [0.29, 0.717) is 0 Å². The van der Waals surface area contributed by atoms with Gasteiger partial charge in [0, 0.05) is 6.32 Å². The Kier molecular flexibility index (Phi) is 3.39. The molecule has 0 amide bonds.